The number of hydrogen-bond acceptors (Lipinski definition) is 3. The summed E-state index contributed by atoms with van der Waals surface area (Å²) in [5.41, 5.74) is 4.20. The molecule has 110 valence electrons. The highest BCUT2D eigenvalue weighted by molar-refractivity contribution is 5.99. The molecule has 0 bridgehead atoms. The Morgan fingerprint density at radius 2 is 1.85 bits per heavy atom. The topological polar surface area (TPSA) is 29.5 Å². The Morgan fingerprint density at radius 3 is 2.50 bits per heavy atom. The van der Waals surface area contributed by atoms with Crippen molar-refractivity contribution in [2.75, 3.05) is 26.2 Å². The zero-order valence-corrected chi connectivity index (χ0v) is 13.2. The predicted octanol–water partition coefficient (Wildman–Crippen LogP) is 2.91. The largest absolute Gasteiger partial charge is 0.373 e. The molecule has 0 aromatic heterocycles. The first kappa shape index (κ1) is 15.2. The average Bonchev–Trinajstić information content (AvgIpc) is 2.32. The van der Waals surface area contributed by atoms with E-state index in [4.69, 9.17) is 4.74 Å². The molecule has 0 saturated carbocycles. The van der Waals surface area contributed by atoms with Gasteiger partial charge in [0.05, 0.1) is 18.8 Å². The summed E-state index contributed by atoms with van der Waals surface area (Å²) in [6.07, 6.45) is 0. The molecule has 0 spiro atoms. The molecule has 1 aliphatic rings. The molecule has 1 aromatic carbocycles. The maximum Gasteiger partial charge on any atom is 0.177 e. The number of morpholine rings is 1. The van der Waals surface area contributed by atoms with E-state index < -0.39 is 0 Å². The van der Waals surface area contributed by atoms with E-state index in [1.807, 2.05) is 13.0 Å². The quantitative estimate of drug-likeness (QED) is 0.794. The van der Waals surface area contributed by atoms with Crippen LogP contribution in [0, 0.1) is 20.8 Å². The molecule has 2 rings (SSSR count). The Morgan fingerprint density at radius 1 is 1.20 bits per heavy atom. The molecule has 0 N–H and O–H groups in total. The van der Waals surface area contributed by atoms with E-state index in [2.05, 4.69) is 38.7 Å². The fourth-order valence-corrected chi connectivity index (χ4v) is 2.80. The standard InChI is InChI=1S/C17H25NO2/c1-12-8-14(3)15(9-13(12)2)16(19)10-18-6-7-20-17(4,5)11-18/h8-9H,6-7,10-11H2,1-5H3. The van der Waals surface area contributed by atoms with E-state index in [9.17, 15) is 4.79 Å². The predicted molar refractivity (Wildman–Crippen MR) is 81.5 cm³/mol. The third-order valence-electron chi connectivity index (χ3n) is 4.01. The molecule has 1 aromatic rings. The number of rotatable bonds is 3. The Bertz CT molecular complexity index is 520. The zero-order valence-electron chi connectivity index (χ0n) is 13.2. The summed E-state index contributed by atoms with van der Waals surface area (Å²) in [5.74, 6) is 0.211. The number of Topliss-reactive ketones (excluding diaryl/α,β-unsaturated/α-hetero) is 1. The van der Waals surface area contributed by atoms with Crippen LogP contribution in [-0.2, 0) is 4.74 Å². The first-order valence-corrected chi connectivity index (χ1v) is 7.26. The molecule has 0 atom stereocenters. The van der Waals surface area contributed by atoms with Crippen LogP contribution in [0.4, 0.5) is 0 Å². The minimum atomic E-state index is -0.156. The molecular formula is C17H25NO2. The summed E-state index contributed by atoms with van der Waals surface area (Å²) in [5, 5.41) is 0. The highest BCUT2D eigenvalue weighted by atomic mass is 16.5. The Balaban J connectivity index is 2.11. The zero-order chi connectivity index (χ0) is 14.9. The molecule has 3 heteroatoms. The van der Waals surface area contributed by atoms with Gasteiger partial charge in [-0.1, -0.05) is 6.07 Å². The van der Waals surface area contributed by atoms with Gasteiger partial charge in [0, 0.05) is 18.7 Å². The third kappa shape index (κ3) is 3.47. The first-order valence-electron chi connectivity index (χ1n) is 7.26. The van der Waals surface area contributed by atoms with Crippen LogP contribution >= 0.6 is 0 Å². The molecular weight excluding hydrogens is 250 g/mol. The van der Waals surface area contributed by atoms with Gasteiger partial charge in [-0.05, 0) is 57.4 Å². The van der Waals surface area contributed by atoms with Crippen molar-refractivity contribution in [2.45, 2.75) is 40.2 Å². The van der Waals surface area contributed by atoms with Crippen LogP contribution < -0.4 is 0 Å². The number of ketones is 1. The number of benzene rings is 1. The maximum atomic E-state index is 12.5. The summed E-state index contributed by atoms with van der Waals surface area (Å²) < 4.78 is 5.69. The van der Waals surface area contributed by atoms with Crippen molar-refractivity contribution >= 4 is 5.78 Å². The minimum Gasteiger partial charge on any atom is -0.373 e. The van der Waals surface area contributed by atoms with Gasteiger partial charge in [-0.25, -0.2) is 0 Å². The van der Waals surface area contributed by atoms with Crippen molar-refractivity contribution in [2.24, 2.45) is 0 Å². The van der Waals surface area contributed by atoms with Gasteiger partial charge >= 0.3 is 0 Å². The smallest absolute Gasteiger partial charge is 0.177 e. The molecule has 0 unspecified atom stereocenters. The third-order valence-corrected chi connectivity index (χ3v) is 4.01. The molecule has 1 heterocycles. The molecule has 1 aliphatic heterocycles. The van der Waals surface area contributed by atoms with E-state index >= 15 is 0 Å². The monoisotopic (exact) mass is 275 g/mol. The van der Waals surface area contributed by atoms with Crippen LogP contribution in [0.5, 0.6) is 0 Å². The molecule has 3 nitrogen and oxygen atoms in total. The van der Waals surface area contributed by atoms with Crippen molar-refractivity contribution in [3.05, 3.63) is 34.4 Å². The van der Waals surface area contributed by atoms with Gasteiger partial charge in [0.15, 0.2) is 5.78 Å². The Hall–Kier alpha value is -1.19. The fourth-order valence-electron chi connectivity index (χ4n) is 2.80. The van der Waals surface area contributed by atoms with E-state index in [1.54, 1.807) is 0 Å². The molecule has 0 amide bonds. The maximum absolute atomic E-state index is 12.5. The van der Waals surface area contributed by atoms with Gasteiger partial charge in [-0.15, -0.1) is 0 Å². The van der Waals surface area contributed by atoms with Crippen molar-refractivity contribution in [1.82, 2.24) is 4.90 Å². The normalized spacial score (nSPS) is 19.1. The number of carbonyl (C=O) groups is 1. The summed E-state index contributed by atoms with van der Waals surface area (Å²) in [7, 11) is 0. The van der Waals surface area contributed by atoms with Crippen LogP contribution in [0.3, 0.4) is 0 Å². The first-order chi connectivity index (χ1) is 9.28. The van der Waals surface area contributed by atoms with E-state index in [-0.39, 0.29) is 11.4 Å². The molecule has 1 fully saturated rings. The summed E-state index contributed by atoms with van der Waals surface area (Å²) in [6.45, 7) is 13.1. The second kappa shape index (κ2) is 5.66. The SMILES string of the molecule is Cc1cc(C)c(C(=O)CN2CCOC(C)(C)C2)cc1C. The number of hydrogen-bond donors (Lipinski definition) is 0. The van der Waals surface area contributed by atoms with Crippen LogP contribution in [0.1, 0.15) is 40.9 Å². The number of nitrogens with zero attached hydrogens (tertiary/aromatic N) is 1. The van der Waals surface area contributed by atoms with E-state index in [0.29, 0.717) is 13.2 Å². The Kier molecular flexibility index (Phi) is 4.31. The van der Waals surface area contributed by atoms with Gasteiger partial charge in [0.1, 0.15) is 0 Å². The molecule has 20 heavy (non-hydrogen) atoms. The van der Waals surface area contributed by atoms with Crippen molar-refractivity contribution < 1.29 is 9.53 Å². The van der Waals surface area contributed by atoms with Gasteiger partial charge in [0.2, 0.25) is 0 Å². The number of aryl methyl sites for hydroxylation is 3. The summed E-state index contributed by atoms with van der Waals surface area (Å²) in [6, 6.07) is 4.13. The lowest BCUT2D eigenvalue weighted by Crippen LogP contribution is -2.49. The lowest BCUT2D eigenvalue weighted by Gasteiger charge is -2.37. The fraction of sp³-hybridized carbons (Fsp3) is 0.588. The van der Waals surface area contributed by atoms with Gasteiger partial charge in [0.25, 0.3) is 0 Å². The number of ether oxygens (including phenoxy) is 1. The highest BCUT2D eigenvalue weighted by Gasteiger charge is 2.28. The second-order valence-corrected chi connectivity index (χ2v) is 6.49. The lowest BCUT2D eigenvalue weighted by atomic mass is 9.97. The molecule has 0 aliphatic carbocycles. The lowest BCUT2D eigenvalue weighted by molar-refractivity contribution is -0.0833. The van der Waals surface area contributed by atoms with E-state index in [1.165, 1.54) is 11.1 Å². The van der Waals surface area contributed by atoms with Gasteiger partial charge < -0.3 is 4.74 Å². The minimum absolute atomic E-state index is 0.156. The van der Waals surface area contributed by atoms with Crippen LogP contribution in [0.15, 0.2) is 12.1 Å². The van der Waals surface area contributed by atoms with E-state index in [0.717, 1.165) is 24.2 Å². The molecule has 1 saturated heterocycles. The van der Waals surface area contributed by atoms with Crippen LogP contribution in [0.25, 0.3) is 0 Å². The second-order valence-electron chi connectivity index (χ2n) is 6.49. The summed E-state index contributed by atoms with van der Waals surface area (Å²) >= 11 is 0. The van der Waals surface area contributed by atoms with Crippen molar-refractivity contribution in [3.8, 4) is 0 Å². The van der Waals surface area contributed by atoms with Gasteiger partial charge in [-0.2, -0.15) is 0 Å². The molecule has 0 radical (unpaired) electrons. The number of carbonyl (C=O) groups excluding carboxylic acids is 1. The summed E-state index contributed by atoms with van der Waals surface area (Å²) in [4.78, 5) is 14.7. The van der Waals surface area contributed by atoms with Gasteiger partial charge in [-0.3, -0.25) is 9.69 Å². The van der Waals surface area contributed by atoms with Crippen molar-refractivity contribution in [1.29, 1.82) is 0 Å². The van der Waals surface area contributed by atoms with Crippen LogP contribution in [-0.4, -0.2) is 42.5 Å². The van der Waals surface area contributed by atoms with Crippen LogP contribution in [0.2, 0.25) is 0 Å². The average molecular weight is 275 g/mol. The van der Waals surface area contributed by atoms with Crippen molar-refractivity contribution in [3.63, 3.8) is 0 Å². The highest BCUT2D eigenvalue weighted by Crippen LogP contribution is 2.19. The Labute approximate surface area is 121 Å².